The minimum Gasteiger partial charge on any atom is -0.458 e. The van der Waals surface area contributed by atoms with E-state index in [0.29, 0.717) is 0 Å². The molecule has 0 fully saturated rings. The van der Waals surface area contributed by atoms with E-state index in [4.69, 9.17) is 13.9 Å². The monoisotopic (exact) mass is 659 g/mol. The van der Waals surface area contributed by atoms with E-state index in [1.54, 1.807) is 0 Å². The van der Waals surface area contributed by atoms with E-state index in [2.05, 4.69) is 153 Å². The van der Waals surface area contributed by atoms with Crippen LogP contribution in [0.4, 0.5) is 17.1 Å². The lowest BCUT2D eigenvalue weighted by molar-refractivity contribution is 0.465. The van der Waals surface area contributed by atoms with E-state index in [1.165, 1.54) is 5.56 Å². The van der Waals surface area contributed by atoms with Crippen LogP contribution in [-0.2, 0) is 5.41 Å². The molecule has 0 amide bonds. The van der Waals surface area contributed by atoms with Gasteiger partial charge in [-0.05, 0) is 69.9 Å². The first-order valence-corrected chi connectivity index (χ1v) is 17.5. The zero-order valence-electron chi connectivity index (χ0n) is 28.7. The first-order valence-electron chi connectivity index (χ1n) is 17.5. The van der Waals surface area contributed by atoms with Crippen molar-refractivity contribution in [3.63, 3.8) is 0 Å². The van der Waals surface area contributed by atoms with Crippen molar-refractivity contribution in [2.45, 2.75) is 26.2 Å². The molecule has 0 atom stereocenters. The Morgan fingerprint density at radius 2 is 1.14 bits per heavy atom. The summed E-state index contributed by atoms with van der Waals surface area (Å²) >= 11 is 0. The van der Waals surface area contributed by atoms with E-state index >= 15 is 0 Å². The van der Waals surface area contributed by atoms with Gasteiger partial charge in [0.05, 0.1) is 11.4 Å². The van der Waals surface area contributed by atoms with Crippen LogP contribution in [0.2, 0.25) is 0 Å². The highest BCUT2D eigenvalue weighted by Gasteiger charge is 2.40. The summed E-state index contributed by atoms with van der Waals surface area (Å²) in [7, 11) is 0. The maximum Gasteiger partial charge on any atom is 0.260 e. The lowest BCUT2D eigenvalue weighted by Crippen LogP contribution is -2.57. The molecule has 8 aromatic rings. The van der Waals surface area contributed by atoms with Crippen LogP contribution in [0.5, 0.6) is 23.0 Å². The van der Waals surface area contributed by atoms with Crippen LogP contribution in [0.1, 0.15) is 26.3 Å². The van der Waals surface area contributed by atoms with Crippen LogP contribution in [0.3, 0.4) is 0 Å². The van der Waals surface area contributed by atoms with Crippen molar-refractivity contribution in [2.75, 3.05) is 4.90 Å². The topological polar surface area (TPSA) is 34.8 Å². The van der Waals surface area contributed by atoms with E-state index in [0.717, 1.165) is 89.5 Å². The maximum absolute atomic E-state index is 6.77. The van der Waals surface area contributed by atoms with Gasteiger partial charge in [-0.25, -0.2) is 0 Å². The Hall–Kier alpha value is -6.20. The summed E-state index contributed by atoms with van der Waals surface area (Å²) in [5, 5.41) is 2.17. The quantitative estimate of drug-likeness (QED) is 0.176. The summed E-state index contributed by atoms with van der Waals surface area (Å²) in [5.74, 6) is 3.33. The fourth-order valence-electron chi connectivity index (χ4n) is 7.94. The molecule has 0 aliphatic carbocycles. The molecule has 3 heterocycles. The average molecular weight is 660 g/mol. The van der Waals surface area contributed by atoms with Crippen LogP contribution in [0, 0.1) is 0 Å². The van der Waals surface area contributed by atoms with E-state index < -0.39 is 0 Å². The summed E-state index contributed by atoms with van der Waals surface area (Å²) < 4.78 is 20.0. The molecule has 10 rings (SSSR count). The molecular formula is C46H34BNO3. The van der Waals surface area contributed by atoms with Gasteiger partial charge in [0.2, 0.25) is 0 Å². The number of fused-ring (bicyclic) bond motifs is 7. The van der Waals surface area contributed by atoms with Crippen molar-refractivity contribution < 1.29 is 13.9 Å². The SMILES string of the molecule is CC(C)(C)c1ccc(N(c2cc3c4c(c2)Oc2ccccc2B4c2ccccc2O3)c2ccc3oc4ccccc4c3c2-c2ccccc2)cc1. The molecule has 0 radical (unpaired) electrons. The van der Waals surface area contributed by atoms with Gasteiger partial charge in [-0.1, -0.05) is 118 Å². The van der Waals surface area contributed by atoms with Gasteiger partial charge in [0.25, 0.3) is 6.71 Å². The smallest absolute Gasteiger partial charge is 0.260 e. The maximum atomic E-state index is 6.77. The van der Waals surface area contributed by atoms with Gasteiger partial charge in [-0.3, -0.25) is 0 Å². The van der Waals surface area contributed by atoms with E-state index in [1.807, 2.05) is 24.3 Å². The second-order valence-corrected chi connectivity index (χ2v) is 14.5. The Balaban J connectivity index is 1.27. The third kappa shape index (κ3) is 4.69. The number of benzene rings is 7. The van der Waals surface area contributed by atoms with Crippen LogP contribution < -0.4 is 30.8 Å². The molecular weight excluding hydrogens is 625 g/mol. The van der Waals surface area contributed by atoms with Crippen molar-refractivity contribution in [1.82, 2.24) is 0 Å². The third-order valence-corrected chi connectivity index (χ3v) is 10.4. The highest BCUT2D eigenvalue weighted by atomic mass is 16.5. The fourth-order valence-corrected chi connectivity index (χ4v) is 7.94. The van der Waals surface area contributed by atoms with Crippen molar-refractivity contribution in [1.29, 1.82) is 0 Å². The molecule has 0 bridgehead atoms. The summed E-state index contributed by atoms with van der Waals surface area (Å²) in [4.78, 5) is 2.34. The number of hydrogen-bond donors (Lipinski definition) is 0. The van der Waals surface area contributed by atoms with Gasteiger partial charge >= 0.3 is 0 Å². The number of furan rings is 1. The van der Waals surface area contributed by atoms with Gasteiger partial charge in [0, 0.05) is 39.6 Å². The Morgan fingerprint density at radius 1 is 0.529 bits per heavy atom. The number of rotatable bonds is 4. The summed E-state index contributed by atoms with van der Waals surface area (Å²) in [6, 6.07) is 53.3. The second-order valence-electron chi connectivity index (χ2n) is 14.5. The predicted octanol–water partition coefficient (Wildman–Crippen LogP) is 10.7. The molecule has 244 valence electrons. The van der Waals surface area contributed by atoms with Crippen molar-refractivity contribution in [3.05, 3.63) is 157 Å². The minimum absolute atomic E-state index is 0.00648. The Labute approximate surface area is 297 Å². The number of nitrogens with zero attached hydrogens (tertiary/aromatic N) is 1. The summed E-state index contributed by atoms with van der Waals surface area (Å²) in [5.41, 5.74) is 11.6. The molecule has 0 saturated heterocycles. The zero-order valence-corrected chi connectivity index (χ0v) is 28.7. The van der Waals surface area contributed by atoms with Crippen molar-refractivity contribution in [2.24, 2.45) is 0 Å². The van der Waals surface area contributed by atoms with Crippen LogP contribution in [0.25, 0.3) is 33.1 Å². The van der Waals surface area contributed by atoms with Gasteiger partial charge < -0.3 is 18.8 Å². The first-order chi connectivity index (χ1) is 24.9. The zero-order chi connectivity index (χ0) is 34.3. The molecule has 7 aromatic carbocycles. The molecule has 0 unspecified atom stereocenters. The molecule has 2 aliphatic heterocycles. The third-order valence-electron chi connectivity index (χ3n) is 10.4. The van der Waals surface area contributed by atoms with E-state index in [-0.39, 0.29) is 12.1 Å². The molecule has 0 saturated carbocycles. The standard InChI is InChI=1S/C46H34BNO3/c1-46(2,3)30-21-23-31(24-22-30)48(36-25-26-40-44(33-15-7-10-18-37(33)49-40)43(36)29-13-5-4-6-14-29)32-27-41-45-42(28-32)51-39-20-12-9-17-35(39)47(45)34-16-8-11-19-38(34)50-41/h4-28H,1-3H3. The van der Waals surface area contributed by atoms with Gasteiger partial charge in [0.1, 0.15) is 34.2 Å². The fraction of sp³-hybridized carbons (Fsp3) is 0.0870. The van der Waals surface area contributed by atoms with Crippen molar-refractivity contribution in [3.8, 4) is 34.1 Å². The van der Waals surface area contributed by atoms with Crippen LogP contribution >= 0.6 is 0 Å². The minimum atomic E-state index is 0.00648. The molecule has 2 aliphatic rings. The van der Waals surface area contributed by atoms with E-state index in [9.17, 15) is 0 Å². The van der Waals surface area contributed by atoms with Crippen LogP contribution in [-0.4, -0.2) is 6.71 Å². The van der Waals surface area contributed by atoms with Gasteiger partial charge in [-0.2, -0.15) is 0 Å². The summed E-state index contributed by atoms with van der Waals surface area (Å²) in [6.45, 7) is 6.76. The normalized spacial score (nSPS) is 12.9. The average Bonchev–Trinajstić information content (AvgIpc) is 3.54. The summed E-state index contributed by atoms with van der Waals surface area (Å²) in [6.07, 6.45) is 0. The molecule has 5 heteroatoms. The van der Waals surface area contributed by atoms with Gasteiger partial charge in [-0.15, -0.1) is 0 Å². The highest BCUT2D eigenvalue weighted by molar-refractivity contribution is 6.98. The highest BCUT2D eigenvalue weighted by Crippen LogP contribution is 2.49. The molecule has 1 aromatic heterocycles. The Bertz CT molecular complexity index is 2570. The second kappa shape index (κ2) is 11.2. The Kier molecular flexibility index (Phi) is 6.50. The lowest BCUT2D eigenvalue weighted by Gasteiger charge is -2.35. The largest absolute Gasteiger partial charge is 0.458 e. The lowest BCUT2D eigenvalue weighted by atomic mass is 9.35. The van der Waals surface area contributed by atoms with Gasteiger partial charge in [0.15, 0.2) is 0 Å². The van der Waals surface area contributed by atoms with Crippen LogP contribution in [0.15, 0.2) is 156 Å². The predicted molar refractivity (Wildman–Crippen MR) is 210 cm³/mol. The molecule has 0 N–H and O–H groups in total. The van der Waals surface area contributed by atoms with Crippen molar-refractivity contribution >= 4 is 62.1 Å². The first kappa shape index (κ1) is 29.7. The number of hydrogen-bond acceptors (Lipinski definition) is 4. The molecule has 51 heavy (non-hydrogen) atoms. The molecule has 4 nitrogen and oxygen atoms in total. The number of anilines is 3. The molecule has 0 spiro atoms. The Morgan fingerprint density at radius 3 is 1.80 bits per heavy atom. The number of para-hydroxylation sites is 3. The number of ether oxygens (including phenoxy) is 2.